The third-order valence-electron chi connectivity index (χ3n) is 1.88. The average Bonchev–Trinajstić information content (AvgIpc) is 2.15. The Morgan fingerprint density at radius 1 is 1.57 bits per heavy atom. The molecule has 0 unspecified atom stereocenters. The minimum atomic E-state index is -0.0996. The Balaban J connectivity index is 3.32. The maximum absolute atomic E-state index is 11.5. The van der Waals surface area contributed by atoms with Crippen molar-refractivity contribution < 1.29 is 9.53 Å². The van der Waals surface area contributed by atoms with Crippen LogP contribution in [0.2, 0.25) is 0 Å². The van der Waals surface area contributed by atoms with E-state index in [0.29, 0.717) is 11.3 Å². The molecule has 0 saturated carbocycles. The molecular weight excluding hydrogens is 314 g/mol. The Morgan fingerprint density at radius 3 is 2.71 bits per heavy atom. The van der Waals surface area contributed by atoms with Crippen LogP contribution in [0.15, 0.2) is 12.1 Å². The van der Waals surface area contributed by atoms with Crippen LogP contribution in [0, 0.1) is 10.5 Å². The van der Waals surface area contributed by atoms with Gasteiger partial charge < -0.3 is 4.74 Å². The quantitative estimate of drug-likeness (QED) is 0.485. The summed E-state index contributed by atoms with van der Waals surface area (Å²) in [5.41, 5.74) is 1.49. The highest BCUT2D eigenvalue weighted by atomic mass is 127. The molecule has 76 valence electrons. The van der Waals surface area contributed by atoms with Crippen LogP contribution < -0.4 is 4.74 Å². The summed E-state index contributed by atoms with van der Waals surface area (Å²) < 4.78 is 6.19. The van der Waals surface area contributed by atoms with Gasteiger partial charge >= 0.3 is 0 Å². The Bertz CT molecular complexity index is 363. The molecule has 1 aromatic carbocycles. The summed E-state index contributed by atoms with van der Waals surface area (Å²) in [5, 5.41) is 0. The third-order valence-corrected chi connectivity index (χ3v) is 2.75. The zero-order valence-corrected chi connectivity index (χ0v) is 10.8. The number of methoxy groups -OCH3 is 1. The second-order valence-corrected chi connectivity index (χ2v) is 4.37. The summed E-state index contributed by atoms with van der Waals surface area (Å²) in [5.74, 6) is 0.482. The topological polar surface area (TPSA) is 26.3 Å². The fourth-order valence-corrected chi connectivity index (χ4v) is 2.18. The Morgan fingerprint density at radius 2 is 2.21 bits per heavy atom. The molecule has 0 aliphatic heterocycles. The molecule has 0 heterocycles. The van der Waals surface area contributed by atoms with Gasteiger partial charge in [-0.15, -0.1) is 11.6 Å². The Hall–Kier alpha value is -0.290. The van der Waals surface area contributed by atoms with Gasteiger partial charge in [0.2, 0.25) is 0 Å². The fraction of sp³-hybridized carbons (Fsp3) is 0.300. The van der Waals surface area contributed by atoms with Crippen LogP contribution in [0.1, 0.15) is 15.9 Å². The van der Waals surface area contributed by atoms with Crippen molar-refractivity contribution >= 4 is 40.0 Å². The van der Waals surface area contributed by atoms with Crippen molar-refractivity contribution in [1.82, 2.24) is 0 Å². The average molecular weight is 325 g/mol. The number of alkyl halides is 1. The van der Waals surface area contributed by atoms with Gasteiger partial charge in [0.1, 0.15) is 5.75 Å². The number of carbonyl (C=O) groups excluding carboxylic acids is 1. The lowest BCUT2D eigenvalue weighted by Crippen LogP contribution is -2.06. The molecule has 0 aliphatic carbocycles. The van der Waals surface area contributed by atoms with Crippen LogP contribution >= 0.6 is 34.2 Å². The standard InChI is InChI=1S/C10H10ClIO2/c1-6-3-7(12)4-9(14-2)10(6)8(13)5-11/h3-4H,5H2,1-2H3. The number of halogens is 2. The first-order valence-corrected chi connectivity index (χ1v) is 5.64. The molecule has 2 nitrogen and oxygen atoms in total. The molecule has 0 amide bonds. The van der Waals surface area contributed by atoms with Crippen molar-refractivity contribution in [2.24, 2.45) is 0 Å². The van der Waals surface area contributed by atoms with E-state index < -0.39 is 0 Å². The minimum Gasteiger partial charge on any atom is -0.496 e. The maximum atomic E-state index is 11.5. The van der Waals surface area contributed by atoms with Crippen LogP contribution in [0.3, 0.4) is 0 Å². The van der Waals surface area contributed by atoms with E-state index in [-0.39, 0.29) is 11.7 Å². The lowest BCUT2D eigenvalue weighted by molar-refractivity contribution is 0.101. The van der Waals surface area contributed by atoms with Crippen LogP contribution in [0.4, 0.5) is 0 Å². The largest absolute Gasteiger partial charge is 0.496 e. The molecule has 0 aromatic heterocycles. The zero-order chi connectivity index (χ0) is 10.7. The second-order valence-electron chi connectivity index (χ2n) is 2.86. The lowest BCUT2D eigenvalue weighted by Gasteiger charge is -2.10. The van der Waals surface area contributed by atoms with Gasteiger partial charge in [0, 0.05) is 3.57 Å². The van der Waals surface area contributed by atoms with Gasteiger partial charge in [0.05, 0.1) is 18.6 Å². The van der Waals surface area contributed by atoms with Gasteiger partial charge in [-0.05, 0) is 47.2 Å². The van der Waals surface area contributed by atoms with Gasteiger partial charge in [0.25, 0.3) is 0 Å². The Labute approximate surface area is 102 Å². The van der Waals surface area contributed by atoms with Crippen LogP contribution in [0.25, 0.3) is 0 Å². The molecule has 0 fully saturated rings. The van der Waals surface area contributed by atoms with Gasteiger partial charge in [-0.3, -0.25) is 4.79 Å². The van der Waals surface area contributed by atoms with Crippen molar-refractivity contribution in [3.05, 3.63) is 26.8 Å². The van der Waals surface area contributed by atoms with Crippen molar-refractivity contribution in [2.75, 3.05) is 13.0 Å². The number of rotatable bonds is 3. The smallest absolute Gasteiger partial charge is 0.181 e. The third kappa shape index (κ3) is 2.39. The number of hydrogen-bond donors (Lipinski definition) is 0. The van der Waals surface area contributed by atoms with Crippen molar-refractivity contribution in [3.8, 4) is 5.75 Å². The van der Waals surface area contributed by atoms with Crippen LogP contribution in [-0.4, -0.2) is 18.8 Å². The highest BCUT2D eigenvalue weighted by Crippen LogP contribution is 2.25. The van der Waals surface area contributed by atoms with Crippen molar-refractivity contribution in [1.29, 1.82) is 0 Å². The number of Topliss-reactive ketones (excluding diaryl/α,β-unsaturated/α-hetero) is 1. The van der Waals surface area contributed by atoms with E-state index >= 15 is 0 Å². The molecule has 0 spiro atoms. The molecule has 4 heteroatoms. The van der Waals surface area contributed by atoms with Gasteiger partial charge in [0.15, 0.2) is 5.78 Å². The summed E-state index contributed by atoms with van der Waals surface area (Å²) in [6, 6.07) is 3.76. The molecule has 1 aromatic rings. The highest BCUT2D eigenvalue weighted by molar-refractivity contribution is 14.1. The molecule has 0 radical (unpaired) electrons. The number of ether oxygens (including phenoxy) is 1. The Kier molecular flexibility index (Phi) is 4.19. The minimum absolute atomic E-state index is 0.0161. The molecule has 0 saturated heterocycles. The van der Waals surface area contributed by atoms with E-state index in [1.165, 1.54) is 0 Å². The van der Waals surface area contributed by atoms with Gasteiger partial charge in [-0.2, -0.15) is 0 Å². The van der Waals surface area contributed by atoms with E-state index in [1.807, 2.05) is 19.1 Å². The number of hydrogen-bond acceptors (Lipinski definition) is 2. The summed E-state index contributed by atoms with van der Waals surface area (Å²) in [6.45, 7) is 1.88. The first kappa shape index (κ1) is 11.8. The monoisotopic (exact) mass is 324 g/mol. The number of ketones is 1. The van der Waals surface area contributed by atoms with Crippen LogP contribution in [-0.2, 0) is 0 Å². The van der Waals surface area contributed by atoms with Crippen molar-refractivity contribution in [2.45, 2.75) is 6.92 Å². The highest BCUT2D eigenvalue weighted by Gasteiger charge is 2.14. The molecule has 0 bridgehead atoms. The summed E-state index contributed by atoms with van der Waals surface area (Å²) in [7, 11) is 1.55. The molecule has 14 heavy (non-hydrogen) atoms. The van der Waals surface area contributed by atoms with E-state index in [4.69, 9.17) is 16.3 Å². The first-order valence-electron chi connectivity index (χ1n) is 4.03. The van der Waals surface area contributed by atoms with E-state index in [2.05, 4.69) is 22.6 Å². The molecular formula is C10H10ClIO2. The molecule has 0 atom stereocenters. The molecule has 0 N–H and O–H groups in total. The maximum Gasteiger partial charge on any atom is 0.181 e. The first-order chi connectivity index (χ1) is 6.60. The van der Waals surface area contributed by atoms with Crippen molar-refractivity contribution in [3.63, 3.8) is 0 Å². The fourth-order valence-electron chi connectivity index (χ4n) is 1.30. The predicted octanol–water partition coefficient (Wildman–Crippen LogP) is 3.03. The lowest BCUT2D eigenvalue weighted by atomic mass is 10.0. The van der Waals surface area contributed by atoms with Crippen LogP contribution in [0.5, 0.6) is 5.75 Å². The molecule has 1 rings (SSSR count). The summed E-state index contributed by atoms with van der Waals surface area (Å²) >= 11 is 7.70. The normalized spacial score (nSPS) is 10.0. The van der Waals surface area contributed by atoms with E-state index in [1.54, 1.807) is 7.11 Å². The summed E-state index contributed by atoms with van der Waals surface area (Å²) in [4.78, 5) is 11.5. The van der Waals surface area contributed by atoms with E-state index in [0.717, 1.165) is 9.13 Å². The number of aryl methyl sites for hydroxylation is 1. The predicted molar refractivity (Wildman–Crippen MR) is 65.5 cm³/mol. The SMILES string of the molecule is COc1cc(I)cc(C)c1C(=O)CCl. The second kappa shape index (κ2) is 4.98. The van der Waals surface area contributed by atoms with E-state index in [9.17, 15) is 4.79 Å². The molecule has 0 aliphatic rings. The van der Waals surface area contributed by atoms with Gasteiger partial charge in [-0.1, -0.05) is 0 Å². The number of carbonyl (C=O) groups is 1. The summed E-state index contributed by atoms with van der Waals surface area (Å²) in [6.07, 6.45) is 0. The van der Waals surface area contributed by atoms with Gasteiger partial charge in [-0.25, -0.2) is 0 Å². The zero-order valence-electron chi connectivity index (χ0n) is 7.93. The number of benzene rings is 1.